The lowest BCUT2D eigenvalue weighted by Crippen LogP contribution is -2.49. The lowest BCUT2D eigenvalue weighted by molar-refractivity contribution is 0.0750. The highest BCUT2D eigenvalue weighted by atomic mass is 32.1. The topological polar surface area (TPSA) is 67.2 Å². The fourth-order valence-electron chi connectivity index (χ4n) is 3.06. The molecule has 2 aromatic rings. The number of amides is 1. The first-order valence-corrected chi connectivity index (χ1v) is 8.78. The first kappa shape index (κ1) is 14.6. The highest BCUT2D eigenvalue weighted by molar-refractivity contribution is 7.07. The predicted molar refractivity (Wildman–Crippen MR) is 87.9 cm³/mol. The van der Waals surface area contributed by atoms with Crippen molar-refractivity contribution in [1.82, 2.24) is 24.3 Å². The molecule has 1 aliphatic heterocycles. The van der Waals surface area contributed by atoms with Gasteiger partial charge in [-0.25, -0.2) is 0 Å². The van der Waals surface area contributed by atoms with Gasteiger partial charge in [-0.2, -0.15) is 5.10 Å². The van der Waals surface area contributed by atoms with Crippen LogP contribution < -0.4 is 4.90 Å². The van der Waals surface area contributed by atoms with Crippen LogP contribution in [0.1, 0.15) is 39.8 Å². The van der Waals surface area contributed by atoms with Crippen LogP contribution in [0.25, 0.3) is 0 Å². The molecule has 0 spiro atoms. The zero-order valence-electron chi connectivity index (χ0n) is 13.4. The van der Waals surface area contributed by atoms with E-state index in [0.29, 0.717) is 10.8 Å². The van der Waals surface area contributed by atoms with E-state index in [1.807, 2.05) is 23.6 Å². The van der Waals surface area contributed by atoms with Crippen LogP contribution in [0, 0.1) is 6.92 Å². The summed E-state index contributed by atoms with van der Waals surface area (Å²) in [5.74, 6) is 1.88. The number of carbonyl (C=O) groups is 1. The standard InChI is InChI=1S/C15H20N6OS/c1-10-14(23-18-16-10)15(22)21-7-5-20(6-8-21)13-9-12(11-3-4-11)17-19(13)2/h9,11H,3-8H2,1-2H3. The largest absolute Gasteiger partial charge is 0.353 e. The number of rotatable bonds is 3. The normalized spacial score (nSPS) is 18.5. The Kier molecular flexibility index (Phi) is 3.56. The Morgan fingerprint density at radius 2 is 2.00 bits per heavy atom. The van der Waals surface area contributed by atoms with Gasteiger partial charge in [0.25, 0.3) is 5.91 Å². The minimum Gasteiger partial charge on any atom is -0.353 e. The van der Waals surface area contributed by atoms with E-state index >= 15 is 0 Å². The van der Waals surface area contributed by atoms with Crippen molar-refractivity contribution in [3.05, 3.63) is 22.3 Å². The molecule has 2 aromatic heterocycles. The van der Waals surface area contributed by atoms with E-state index < -0.39 is 0 Å². The second-order valence-corrected chi connectivity index (χ2v) is 7.05. The van der Waals surface area contributed by atoms with Crippen molar-refractivity contribution >= 4 is 23.3 Å². The van der Waals surface area contributed by atoms with Crippen molar-refractivity contribution in [2.24, 2.45) is 7.05 Å². The minimum absolute atomic E-state index is 0.0563. The maximum atomic E-state index is 12.5. The van der Waals surface area contributed by atoms with E-state index in [-0.39, 0.29) is 5.91 Å². The quantitative estimate of drug-likeness (QED) is 0.850. The van der Waals surface area contributed by atoms with E-state index in [0.717, 1.165) is 37.7 Å². The van der Waals surface area contributed by atoms with E-state index in [1.54, 1.807) is 0 Å². The van der Waals surface area contributed by atoms with Gasteiger partial charge in [-0.3, -0.25) is 9.48 Å². The van der Waals surface area contributed by atoms with E-state index in [4.69, 9.17) is 0 Å². The number of anilines is 1. The molecule has 2 aliphatic rings. The van der Waals surface area contributed by atoms with E-state index in [9.17, 15) is 4.79 Å². The zero-order valence-corrected chi connectivity index (χ0v) is 14.2. The van der Waals surface area contributed by atoms with Crippen LogP contribution in [-0.2, 0) is 7.05 Å². The molecule has 2 fully saturated rings. The number of aryl methyl sites for hydroxylation is 2. The number of aromatic nitrogens is 4. The molecule has 0 aromatic carbocycles. The van der Waals surface area contributed by atoms with Crippen LogP contribution in [0.2, 0.25) is 0 Å². The maximum Gasteiger partial charge on any atom is 0.267 e. The highest BCUT2D eigenvalue weighted by Crippen LogP contribution is 2.40. The Labute approximate surface area is 139 Å². The molecule has 1 amide bonds. The number of hydrogen-bond donors (Lipinski definition) is 0. The number of carbonyl (C=O) groups excluding carboxylic acids is 1. The molecule has 0 atom stereocenters. The van der Waals surface area contributed by atoms with Crippen LogP contribution in [0.15, 0.2) is 6.07 Å². The molecule has 0 radical (unpaired) electrons. The van der Waals surface area contributed by atoms with Gasteiger partial charge in [-0.15, -0.1) is 5.10 Å². The van der Waals surface area contributed by atoms with E-state index in [2.05, 4.69) is 25.7 Å². The van der Waals surface area contributed by atoms with Crippen molar-refractivity contribution in [1.29, 1.82) is 0 Å². The molecule has 1 saturated carbocycles. The Hall–Kier alpha value is -1.96. The summed E-state index contributed by atoms with van der Waals surface area (Å²) in [5, 5.41) is 8.56. The van der Waals surface area contributed by atoms with Crippen molar-refractivity contribution in [3.8, 4) is 0 Å². The van der Waals surface area contributed by atoms with Gasteiger partial charge in [0, 0.05) is 45.2 Å². The molecule has 0 N–H and O–H groups in total. The summed E-state index contributed by atoms with van der Waals surface area (Å²) in [6, 6.07) is 2.21. The lowest BCUT2D eigenvalue weighted by Gasteiger charge is -2.35. The van der Waals surface area contributed by atoms with Gasteiger partial charge >= 0.3 is 0 Å². The number of piperazine rings is 1. The zero-order chi connectivity index (χ0) is 16.0. The van der Waals surface area contributed by atoms with Crippen molar-refractivity contribution in [3.63, 3.8) is 0 Å². The summed E-state index contributed by atoms with van der Waals surface area (Å²) < 4.78 is 5.83. The second kappa shape index (κ2) is 5.59. The Balaban J connectivity index is 1.43. The summed E-state index contributed by atoms with van der Waals surface area (Å²) >= 11 is 1.18. The number of hydrogen-bond acceptors (Lipinski definition) is 6. The molecular weight excluding hydrogens is 312 g/mol. The summed E-state index contributed by atoms with van der Waals surface area (Å²) in [6.45, 7) is 4.95. The molecule has 8 heteroatoms. The number of nitrogens with zero attached hydrogens (tertiary/aromatic N) is 6. The van der Waals surface area contributed by atoms with Gasteiger partial charge in [0.2, 0.25) is 0 Å². The molecule has 1 saturated heterocycles. The molecule has 122 valence electrons. The van der Waals surface area contributed by atoms with Crippen molar-refractivity contribution in [2.75, 3.05) is 31.1 Å². The van der Waals surface area contributed by atoms with Crippen LogP contribution in [-0.4, -0.2) is 56.4 Å². The Bertz CT molecular complexity index is 726. The van der Waals surface area contributed by atoms with Gasteiger partial charge in [-0.05, 0) is 31.3 Å². The first-order valence-electron chi connectivity index (χ1n) is 8.00. The van der Waals surface area contributed by atoms with Gasteiger partial charge in [0.1, 0.15) is 10.7 Å². The van der Waals surface area contributed by atoms with Crippen LogP contribution in [0.3, 0.4) is 0 Å². The molecule has 23 heavy (non-hydrogen) atoms. The molecule has 1 aliphatic carbocycles. The Morgan fingerprint density at radius 3 is 2.61 bits per heavy atom. The lowest BCUT2D eigenvalue weighted by atomic mass is 10.2. The fraction of sp³-hybridized carbons (Fsp3) is 0.600. The molecule has 0 bridgehead atoms. The molecule has 0 unspecified atom stereocenters. The van der Waals surface area contributed by atoms with Gasteiger partial charge in [-0.1, -0.05) is 4.49 Å². The third-order valence-electron chi connectivity index (χ3n) is 4.61. The maximum absolute atomic E-state index is 12.5. The minimum atomic E-state index is 0.0563. The first-order chi connectivity index (χ1) is 11.1. The average molecular weight is 332 g/mol. The smallest absolute Gasteiger partial charge is 0.267 e. The van der Waals surface area contributed by atoms with Crippen molar-refractivity contribution in [2.45, 2.75) is 25.7 Å². The summed E-state index contributed by atoms with van der Waals surface area (Å²) in [7, 11) is 2.01. The van der Waals surface area contributed by atoms with Gasteiger partial charge < -0.3 is 9.80 Å². The van der Waals surface area contributed by atoms with Crippen LogP contribution in [0.4, 0.5) is 5.82 Å². The second-order valence-electron chi connectivity index (χ2n) is 6.29. The third-order valence-corrected chi connectivity index (χ3v) is 5.42. The predicted octanol–water partition coefficient (Wildman–Crippen LogP) is 1.42. The summed E-state index contributed by atoms with van der Waals surface area (Å²) in [4.78, 5) is 17.4. The Morgan fingerprint density at radius 1 is 1.26 bits per heavy atom. The molecule has 7 nitrogen and oxygen atoms in total. The third kappa shape index (κ3) is 2.71. The monoisotopic (exact) mass is 332 g/mol. The molecular formula is C15H20N6OS. The SMILES string of the molecule is Cc1nnsc1C(=O)N1CCN(c2cc(C3CC3)nn2C)CC1. The van der Waals surface area contributed by atoms with Gasteiger partial charge in [0.05, 0.1) is 11.4 Å². The van der Waals surface area contributed by atoms with Crippen molar-refractivity contribution < 1.29 is 4.79 Å². The van der Waals surface area contributed by atoms with Gasteiger partial charge in [0.15, 0.2) is 0 Å². The summed E-state index contributed by atoms with van der Waals surface area (Å²) in [5.41, 5.74) is 1.94. The summed E-state index contributed by atoms with van der Waals surface area (Å²) in [6.07, 6.45) is 2.53. The van der Waals surface area contributed by atoms with Crippen LogP contribution >= 0.6 is 11.5 Å². The average Bonchev–Trinajstić information content (AvgIpc) is 3.21. The van der Waals surface area contributed by atoms with Crippen LogP contribution in [0.5, 0.6) is 0 Å². The fourth-order valence-corrected chi connectivity index (χ4v) is 3.69. The van der Waals surface area contributed by atoms with E-state index in [1.165, 1.54) is 30.1 Å². The highest BCUT2D eigenvalue weighted by Gasteiger charge is 2.30. The molecule has 4 rings (SSSR count). The molecule has 3 heterocycles.